The van der Waals surface area contributed by atoms with Gasteiger partial charge in [-0.3, -0.25) is 0 Å². The number of hydrogen-bond donors (Lipinski definition) is 0. The van der Waals surface area contributed by atoms with Gasteiger partial charge in [-0.05, 0) is 36.4 Å². The fourth-order valence-electron chi connectivity index (χ4n) is 5.12. The third-order valence-electron chi connectivity index (χ3n) is 7.01. The molecule has 39 heavy (non-hydrogen) atoms. The molecule has 6 heteroatoms. The Morgan fingerprint density at radius 3 is 1.74 bits per heavy atom. The Morgan fingerprint density at radius 2 is 1.00 bits per heavy atom. The van der Waals surface area contributed by atoms with Crippen molar-refractivity contribution in [1.82, 2.24) is 15.0 Å². The topological polar surface area (TPSA) is 65.0 Å². The summed E-state index contributed by atoms with van der Waals surface area (Å²) in [6.07, 6.45) is 0. The highest BCUT2D eigenvalue weighted by Crippen LogP contribution is 2.36. The molecule has 184 valence electrons. The molecule has 0 aliphatic rings. The van der Waals surface area contributed by atoms with Gasteiger partial charge in [0.25, 0.3) is 0 Å². The lowest BCUT2D eigenvalue weighted by atomic mass is 10.1. The van der Waals surface area contributed by atoms with E-state index < -0.39 is 0 Å². The molecule has 0 aliphatic heterocycles. The smallest absolute Gasteiger partial charge is 0.164 e. The van der Waals surface area contributed by atoms with Crippen molar-refractivity contribution in [2.45, 2.75) is 0 Å². The first kappa shape index (κ1) is 22.0. The molecule has 3 aromatic heterocycles. The van der Waals surface area contributed by atoms with Crippen molar-refractivity contribution in [2.24, 2.45) is 0 Å². The lowest BCUT2D eigenvalue weighted by Gasteiger charge is -2.08. The van der Waals surface area contributed by atoms with Crippen molar-refractivity contribution >= 4 is 55.5 Å². The number of hydrogen-bond acceptors (Lipinski definition) is 5. The first-order valence-electron chi connectivity index (χ1n) is 12.6. The predicted octanol–water partition coefficient (Wildman–Crippen LogP) is 9.32. The predicted molar refractivity (Wildman–Crippen MR) is 156 cm³/mol. The molecule has 3 heterocycles. The van der Waals surface area contributed by atoms with E-state index >= 15 is 0 Å². The van der Waals surface area contributed by atoms with Crippen molar-refractivity contribution in [3.8, 4) is 34.2 Å². The standard InChI is InChI=1S/C33H18ClN3O2/c34-26-11-6-10-25-24-16-14-21(18-29(24)39-30(25)26)33-36-31(19-7-2-1-3-8-19)35-32(37-33)20-13-15-23-22-9-4-5-12-27(22)38-28(23)17-20/h1-18H. The molecule has 0 aliphatic carbocycles. The van der Waals surface area contributed by atoms with E-state index in [2.05, 4.69) is 12.1 Å². The highest BCUT2D eigenvalue weighted by molar-refractivity contribution is 6.35. The number of furan rings is 2. The van der Waals surface area contributed by atoms with Crippen molar-refractivity contribution in [1.29, 1.82) is 0 Å². The minimum Gasteiger partial charge on any atom is -0.456 e. The van der Waals surface area contributed by atoms with Crippen LogP contribution in [0.1, 0.15) is 0 Å². The van der Waals surface area contributed by atoms with E-state index in [0.29, 0.717) is 28.1 Å². The largest absolute Gasteiger partial charge is 0.456 e. The minimum absolute atomic E-state index is 0.553. The Kier molecular flexibility index (Phi) is 4.81. The molecule has 0 amide bonds. The summed E-state index contributed by atoms with van der Waals surface area (Å²) in [5.74, 6) is 1.71. The molecule has 0 spiro atoms. The van der Waals surface area contributed by atoms with E-state index in [9.17, 15) is 0 Å². The molecule has 0 bridgehead atoms. The van der Waals surface area contributed by atoms with Crippen LogP contribution in [0.15, 0.2) is 118 Å². The van der Waals surface area contributed by atoms with Crippen LogP contribution in [0.5, 0.6) is 0 Å². The summed E-state index contributed by atoms with van der Waals surface area (Å²) in [7, 11) is 0. The van der Waals surface area contributed by atoms with E-state index in [1.165, 1.54) is 0 Å². The molecule has 0 N–H and O–H groups in total. The lowest BCUT2D eigenvalue weighted by molar-refractivity contribution is 0.669. The van der Waals surface area contributed by atoms with Gasteiger partial charge in [-0.2, -0.15) is 0 Å². The van der Waals surface area contributed by atoms with Crippen LogP contribution in [0, 0.1) is 0 Å². The van der Waals surface area contributed by atoms with E-state index in [-0.39, 0.29) is 0 Å². The number of halogens is 1. The second-order valence-electron chi connectivity index (χ2n) is 9.41. The molecule has 0 fully saturated rings. The Bertz CT molecular complexity index is 2200. The third-order valence-corrected chi connectivity index (χ3v) is 7.31. The van der Waals surface area contributed by atoms with E-state index in [0.717, 1.165) is 55.0 Å². The Balaban J connectivity index is 1.33. The SMILES string of the molecule is Clc1cccc2c1oc1cc(-c3nc(-c4ccccc4)nc(-c4ccc5c(c4)oc4ccccc45)n3)ccc12. The molecule has 8 rings (SSSR count). The van der Waals surface area contributed by atoms with Crippen molar-refractivity contribution in [3.05, 3.63) is 114 Å². The zero-order valence-electron chi connectivity index (χ0n) is 20.4. The molecule has 8 aromatic rings. The quantitative estimate of drug-likeness (QED) is 0.231. The Morgan fingerprint density at radius 1 is 0.436 bits per heavy atom. The maximum atomic E-state index is 6.40. The number of para-hydroxylation sites is 2. The van der Waals surface area contributed by atoms with E-state index in [1.807, 2.05) is 97.1 Å². The molecule has 0 saturated heterocycles. The van der Waals surface area contributed by atoms with Gasteiger partial charge in [0.05, 0.1) is 5.02 Å². The van der Waals surface area contributed by atoms with Gasteiger partial charge in [0.2, 0.25) is 0 Å². The molecule has 0 saturated carbocycles. The second kappa shape index (κ2) is 8.51. The molecular formula is C33H18ClN3O2. The molecule has 0 unspecified atom stereocenters. The van der Waals surface area contributed by atoms with Gasteiger partial charge in [-0.15, -0.1) is 0 Å². The Labute approximate surface area is 227 Å². The van der Waals surface area contributed by atoms with Crippen LogP contribution in [0.2, 0.25) is 5.02 Å². The number of rotatable bonds is 3. The van der Waals surface area contributed by atoms with Crippen LogP contribution in [-0.2, 0) is 0 Å². The monoisotopic (exact) mass is 523 g/mol. The molecule has 5 aromatic carbocycles. The van der Waals surface area contributed by atoms with Crippen LogP contribution in [0.25, 0.3) is 78.0 Å². The van der Waals surface area contributed by atoms with Crippen molar-refractivity contribution in [3.63, 3.8) is 0 Å². The summed E-state index contributed by atoms with van der Waals surface area (Å²) >= 11 is 6.40. The van der Waals surface area contributed by atoms with Gasteiger partial charge in [0, 0.05) is 38.2 Å². The number of nitrogens with zero attached hydrogens (tertiary/aromatic N) is 3. The molecule has 0 atom stereocenters. The lowest BCUT2D eigenvalue weighted by Crippen LogP contribution is -2.00. The summed E-state index contributed by atoms with van der Waals surface area (Å²) < 4.78 is 12.3. The molecule has 0 radical (unpaired) electrons. The zero-order valence-corrected chi connectivity index (χ0v) is 21.2. The van der Waals surface area contributed by atoms with Crippen LogP contribution in [0.3, 0.4) is 0 Å². The van der Waals surface area contributed by atoms with Crippen LogP contribution in [0.4, 0.5) is 0 Å². The highest BCUT2D eigenvalue weighted by atomic mass is 35.5. The maximum Gasteiger partial charge on any atom is 0.164 e. The van der Waals surface area contributed by atoms with Gasteiger partial charge >= 0.3 is 0 Å². The van der Waals surface area contributed by atoms with Gasteiger partial charge in [-0.25, -0.2) is 15.0 Å². The summed E-state index contributed by atoms with van der Waals surface area (Å²) in [5.41, 5.74) is 5.61. The third kappa shape index (κ3) is 3.59. The maximum absolute atomic E-state index is 6.40. The number of aromatic nitrogens is 3. The average molecular weight is 524 g/mol. The second-order valence-corrected chi connectivity index (χ2v) is 9.82. The average Bonchev–Trinajstić information content (AvgIpc) is 3.56. The first-order chi connectivity index (χ1) is 19.2. The highest BCUT2D eigenvalue weighted by Gasteiger charge is 2.16. The van der Waals surface area contributed by atoms with Crippen LogP contribution in [-0.4, -0.2) is 15.0 Å². The van der Waals surface area contributed by atoms with Crippen molar-refractivity contribution < 1.29 is 8.83 Å². The van der Waals surface area contributed by atoms with Gasteiger partial charge in [0.15, 0.2) is 23.1 Å². The molecule has 5 nitrogen and oxygen atoms in total. The first-order valence-corrected chi connectivity index (χ1v) is 12.9. The normalized spacial score (nSPS) is 11.7. The number of benzene rings is 5. The van der Waals surface area contributed by atoms with Crippen molar-refractivity contribution in [2.75, 3.05) is 0 Å². The zero-order chi connectivity index (χ0) is 25.9. The fourth-order valence-corrected chi connectivity index (χ4v) is 5.33. The number of fused-ring (bicyclic) bond motifs is 6. The minimum atomic E-state index is 0.553. The summed E-state index contributed by atoms with van der Waals surface area (Å²) in [6.45, 7) is 0. The van der Waals surface area contributed by atoms with Crippen LogP contribution >= 0.6 is 11.6 Å². The van der Waals surface area contributed by atoms with Gasteiger partial charge < -0.3 is 8.83 Å². The van der Waals surface area contributed by atoms with E-state index in [1.54, 1.807) is 0 Å². The summed E-state index contributed by atoms with van der Waals surface area (Å²) in [5, 5.41) is 4.69. The fraction of sp³-hybridized carbons (Fsp3) is 0. The van der Waals surface area contributed by atoms with Crippen LogP contribution < -0.4 is 0 Å². The van der Waals surface area contributed by atoms with Gasteiger partial charge in [0.1, 0.15) is 16.7 Å². The summed E-state index contributed by atoms with van der Waals surface area (Å²) in [6, 6.07) is 35.8. The summed E-state index contributed by atoms with van der Waals surface area (Å²) in [4.78, 5) is 14.6. The van der Waals surface area contributed by atoms with E-state index in [4.69, 9.17) is 35.4 Å². The van der Waals surface area contributed by atoms with Gasteiger partial charge in [-0.1, -0.05) is 84.4 Å². The Hall–Kier alpha value is -5.00. The molecular weight excluding hydrogens is 506 g/mol.